The number of morpholine rings is 1. The summed E-state index contributed by atoms with van der Waals surface area (Å²) in [5, 5.41) is 9.56. The molecule has 1 N–H and O–H groups in total. The van der Waals surface area contributed by atoms with Gasteiger partial charge in [-0.1, -0.05) is 19.3 Å². The SMILES string of the molecule is O=C(O)c1cc2nc(-c3ccc(OCc4cc(N5CCCC5=O)ccc4N4CCOCC4)cc3)n(C3CCCCC3)c2s1. The first kappa shape index (κ1) is 27.9. The Morgan fingerprint density at radius 2 is 1.79 bits per heavy atom. The number of aromatic carboxylic acids is 1. The molecule has 3 aliphatic rings. The van der Waals surface area contributed by atoms with E-state index in [2.05, 4.69) is 21.6 Å². The lowest BCUT2D eigenvalue weighted by Gasteiger charge is -2.31. The molecule has 3 fully saturated rings. The van der Waals surface area contributed by atoms with Gasteiger partial charge in [-0.25, -0.2) is 9.78 Å². The minimum absolute atomic E-state index is 0.173. The standard InChI is InChI=1S/C33H36N4O5S/c38-30-7-4-14-36(30)25-10-13-28(35-15-17-41-18-16-35)23(19-25)21-42-26-11-8-22(9-12-26)31-34-27-20-29(33(39)40)43-32(27)37(31)24-5-2-1-3-6-24/h8-13,19-20,24H,1-7,14-18,21H2,(H,39,40). The van der Waals surface area contributed by atoms with Crippen LogP contribution in [-0.2, 0) is 16.1 Å². The second-order valence-electron chi connectivity index (χ2n) is 11.6. The molecule has 0 unspecified atom stereocenters. The first-order chi connectivity index (χ1) is 21.0. The van der Waals surface area contributed by atoms with Crippen molar-refractivity contribution in [3.8, 4) is 17.1 Å². The predicted octanol–water partition coefficient (Wildman–Crippen LogP) is 6.51. The summed E-state index contributed by atoms with van der Waals surface area (Å²) in [6.45, 7) is 4.17. The molecule has 1 aliphatic carbocycles. The van der Waals surface area contributed by atoms with Crippen LogP contribution < -0.4 is 14.5 Å². The molecule has 7 rings (SSSR count). The van der Waals surface area contributed by atoms with Gasteiger partial charge >= 0.3 is 5.97 Å². The quantitative estimate of drug-likeness (QED) is 0.246. The molecular weight excluding hydrogens is 564 g/mol. The van der Waals surface area contributed by atoms with Crippen molar-refractivity contribution in [2.75, 3.05) is 42.6 Å². The Balaban J connectivity index is 1.15. The number of carboxylic acid groups (broad SMARTS) is 1. The summed E-state index contributed by atoms with van der Waals surface area (Å²) >= 11 is 1.31. The van der Waals surface area contributed by atoms with Gasteiger partial charge in [0.2, 0.25) is 5.91 Å². The van der Waals surface area contributed by atoms with Crippen molar-refractivity contribution in [2.24, 2.45) is 0 Å². The van der Waals surface area contributed by atoms with E-state index in [1.54, 1.807) is 6.07 Å². The highest BCUT2D eigenvalue weighted by Gasteiger charge is 2.26. The number of nitrogens with zero attached hydrogens (tertiary/aromatic N) is 4. The van der Waals surface area contributed by atoms with Gasteiger partial charge in [0.25, 0.3) is 0 Å². The summed E-state index contributed by atoms with van der Waals surface area (Å²) in [6, 6.07) is 16.3. The molecule has 1 saturated carbocycles. The number of carbonyl (C=O) groups is 2. The van der Waals surface area contributed by atoms with Gasteiger partial charge in [0.05, 0.1) is 13.2 Å². The van der Waals surface area contributed by atoms with Gasteiger partial charge in [-0.3, -0.25) is 4.79 Å². The zero-order valence-electron chi connectivity index (χ0n) is 24.2. The molecule has 2 aliphatic heterocycles. The maximum absolute atomic E-state index is 12.4. The monoisotopic (exact) mass is 600 g/mol. The molecule has 224 valence electrons. The van der Waals surface area contributed by atoms with E-state index in [0.717, 1.165) is 83.3 Å². The molecule has 9 nitrogen and oxygen atoms in total. The summed E-state index contributed by atoms with van der Waals surface area (Å²) in [4.78, 5) is 34.5. The van der Waals surface area contributed by atoms with Gasteiger partial charge in [0, 0.05) is 54.6 Å². The third kappa shape index (κ3) is 5.61. The average molecular weight is 601 g/mol. The van der Waals surface area contributed by atoms with Crippen LogP contribution >= 0.6 is 11.3 Å². The first-order valence-electron chi connectivity index (χ1n) is 15.3. The number of imidazole rings is 1. The van der Waals surface area contributed by atoms with Gasteiger partial charge in [0.15, 0.2) is 0 Å². The highest BCUT2D eigenvalue weighted by atomic mass is 32.1. The van der Waals surface area contributed by atoms with Gasteiger partial charge in [-0.15, -0.1) is 11.3 Å². The number of hydrogen-bond donors (Lipinski definition) is 1. The van der Waals surface area contributed by atoms with Crippen LogP contribution in [0.25, 0.3) is 21.7 Å². The van der Waals surface area contributed by atoms with E-state index in [-0.39, 0.29) is 5.91 Å². The van der Waals surface area contributed by atoms with Crippen molar-refractivity contribution in [3.05, 3.63) is 59.0 Å². The lowest BCUT2D eigenvalue weighted by atomic mass is 9.95. The van der Waals surface area contributed by atoms with Crippen molar-refractivity contribution in [3.63, 3.8) is 0 Å². The Morgan fingerprint density at radius 1 is 1.00 bits per heavy atom. The van der Waals surface area contributed by atoms with Crippen LogP contribution in [0.2, 0.25) is 0 Å². The fourth-order valence-corrected chi connectivity index (χ4v) is 7.64. The highest BCUT2D eigenvalue weighted by Crippen LogP contribution is 2.39. The summed E-state index contributed by atoms with van der Waals surface area (Å²) in [5.74, 6) is 0.905. The van der Waals surface area contributed by atoms with Crippen molar-refractivity contribution in [1.29, 1.82) is 0 Å². The molecule has 4 aromatic rings. The van der Waals surface area contributed by atoms with Crippen LogP contribution in [0.3, 0.4) is 0 Å². The van der Waals surface area contributed by atoms with Crippen LogP contribution in [0.4, 0.5) is 11.4 Å². The molecule has 2 aromatic heterocycles. The number of hydrogen-bond acceptors (Lipinski definition) is 7. The number of anilines is 2. The van der Waals surface area contributed by atoms with Crippen molar-refractivity contribution in [2.45, 2.75) is 57.6 Å². The molecule has 0 atom stereocenters. The molecule has 0 spiro atoms. The first-order valence-corrected chi connectivity index (χ1v) is 16.1. The van der Waals surface area contributed by atoms with Crippen molar-refractivity contribution >= 4 is 44.9 Å². The predicted molar refractivity (Wildman–Crippen MR) is 168 cm³/mol. The Hall–Kier alpha value is -3.89. The highest BCUT2D eigenvalue weighted by molar-refractivity contribution is 7.20. The molecule has 1 amide bonds. The van der Waals surface area contributed by atoms with Crippen LogP contribution in [0.15, 0.2) is 48.5 Å². The number of amides is 1. The molecule has 2 aromatic carbocycles. The maximum Gasteiger partial charge on any atom is 0.346 e. The third-order valence-corrected chi connectivity index (χ3v) is 9.94. The normalized spacial score (nSPS) is 18.1. The second-order valence-corrected chi connectivity index (χ2v) is 12.6. The fraction of sp³-hybridized carbons (Fsp3) is 0.424. The van der Waals surface area contributed by atoms with E-state index in [4.69, 9.17) is 14.5 Å². The van der Waals surface area contributed by atoms with E-state index in [1.165, 1.54) is 30.6 Å². The number of aromatic nitrogens is 2. The van der Waals surface area contributed by atoms with E-state index in [1.807, 2.05) is 35.2 Å². The van der Waals surface area contributed by atoms with Gasteiger partial charge < -0.3 is 28.9 Å². The van der Waals surface area contributed by atoms with Gasteiger partial charge in [0.1, 0.15) is 33.4 Å². The summed E-state index contributed by atoms with van der Waals surface area (Å²) in [6.07, 6.45) is 7.23. The molecular formula is C33H36N4O5S. The second kappa shape index (κ2) is 12.0. The van der Waals surface area contributed by atoms with Crippen LogP contribution in [-0.4, -0.2) is 59.4 Å². The molecule has 43 heavy (non-hydrogen) atoms. The number of ether oxygens (including phenoxy) is 2. The van der Waals surface area contributed by atoms with Crippen LogP contribution in [0, 0.1) is 0 Å². The number of thiophene rings is 1. The van der Waals surface area contributed by atoms with E-state index in [9.17, 15) is 14.7 Å². The van der Waals surface area contributed by atoms with E-state index < -0.39 is 5.97 Å². The third-order valence-electron chi connectivity index (χ3n) is 8.82. The number of fused-ring (bicyclic) bond motifs is 1. The van der Waals surface area contributed by atoms with E-state index >= 15 is 0 Å². The average Bonchev–Trinajstić information content (AvgIpc) is 3.76. The minimum atomic E-state index is -0.907. The van der Waals surface area contributed by atoms with Crippen LogP contribution in [0.1, 0.15) is 66.2 Å². The molecule has 10 heteroatoms. The number of rotatable bonds is 8. The Morgan fingerprint density at radius 3 is 2.51 bits per heavy atom. The largest absolute Gasteiger partial charge is 0.489 e. The van der Waals surface area contributed by atoms with E-state index in [0.29, 0.717) is 37.2 Å². The maximum atomic E-state index is 12.4. The zero-order chi connectivity index (χ0) is 29.3. The lowest BCUT2D eigenvalue weighted by Crippen LogP contribution is -2.37. The Labute approximate surface area is 254 Å². The molecule has 0 bridgehead atoms. The number of benzene rings is 2. The van der Waals surface area contributed by atoms with Gasteiger partial charge in [-0.05, 0) is 67.8 Å². The van der Waals surface area contributed by atoms with Gasteiger partial charge in [-0.2, -0.15) is 0 Å². The fourth-order valence-electron chi connectivity index (χ4n) is 6.63. The minimum Gasteiger partial charge on any atom is -0.489 e. The lowest BCUT2D eigenvalue weighted by molar-refractivity contribution is -0.117. The molecule has 2 saturated heterocycles. The zero-order valence-corrected chi connectivity index (χ0v) is 25.0. The van der Waals surface area contributed by atoms with Crippen molar-refractivity contribution in [1.82, 2.24) is 9.55 Å². The summed E-state index contributed by atoms with van der Waals surface area (Å²) in [7, 11) is 0. The summed E-state index contributed by atoms with van der Waals surface area (Å²) < 4.78 is 14.2. The smallest absolute Gasteiger partial charge is 0.346 e. The number of carbonyl (C=O) groups excluding carboxylic acids is 1. The molecule has 0 radical (unpaired) electrons. The summed E-state index contributed by atoms with van der Waals surface area (Å²) in [5.41, 5.74) is 4.82. The Bertz CT molecular complexity index is 1630. The van der Waals surface area contributed by atoms with Crippen LogP contribution in [0.5, 0.6) is 5.75 Å². The molecule has 4 heterocycles. The van der Waals surface area contributed by atoms with Crippen molar-refractivity contribution < 1.29 is 24.2 Å². The Kier molecular flexibility index (Phi) is 7.80. The number of carboxylic acids is 1. The topological polar surface area (TPSA) is 97.1 Å².